The second-order valence-corrected chi connectivity index (χ2v) is 19.1. The van der Waals surface area contributed by atoms with Gasteiger partial charge in [-0.3, -0.25) is 19.2 Å². The summed E-state index contributed by atoms with van der Waals surface area (Å²) in [4.78, 5) is 70.8. The van der Waals surface area contributed by atoms with E-state index in [-0.39, 0.29) is 49.1 Å². The van der Waals surface area contributed by atoms with Crippen LogP contribution in [0.15, 0.2) is 12.7 Å². The van der Waals surface area contributed by atoms with Crippen LogP contribution in [0.2, 0.25) is 0 Å². The van der Waals surface area contributed by atoms with E-state index >= 15 is 4.79 Å². The highest BCUT2D eigenvalue weighted by atomic mass is 32.2. The molecule has 5 amide bonds. The number of likely N-dealkylation sites (N-methyl/N-ethyl adjacent to an activating group) is 1. The van der Waals surface area contributed by atoms with Crippen molar-refractivity contribution in [3.05, 3.63) is 12.7 Å². The third-order valence-corrected chi connectivity index (χ3v) is 13.6. The number of hydrogen-bond acceptors (Lipinski definition) is 7. The van der Waals surface area contributed by atoms with Crippen LogP contribution in [0.1, 0.15) is 98.3 Å². The van der Waals surface area contributed by atoms with Gasteiger partial charge >= 0.3 is 6.03 Å². The Hall–Kier alpha value is -3.44. The Morgan fingerprint density at radius 2 is 1.69 bits per heavy atom. The van der Waals surface area contributed by atoms with Crippen molar-refractivity contribution in [1.29, 1.82) is 0 Å². The summed E-state index contributed by atoms with van der Waals surface area (Å²) in [5.74, 6) is -0.0606. The lowest BCUT2D eigenvalue weighted by atomic mass is 9.70. The summed E-state index contributed by atoms with van der Waals surface area (Å²) in [6.07, 6.45) is 16.3. The zero-order chi connectivity index (χ0) is 38.6. The van der Waals surface area contributed by atoms with Crippen molar-refractivity contribution in [3.63, 3.8) is 0 Å². The highest BCUT2D eigenvalue weighted by molar-refractivity contribution is 7.88. The Morgan fingerprint density at radius 1 is 1.04 bits per heavy atom. The largest absolute Gasteiger partial charge is 0.346 e. The van der Waals surface area contributed by atoms with Gasteiger partial charge in [0.1, 0.15) is 12.1 Å². The van der Waals surface area contributed by atoms with E-state index in [1.54, 1.807) is 4.90 Å². The predicted octanol–water partition coefficient (Wildman–Crippen LogP) is 2.72. The lowest BCUT2D eigenvalue weighted by molar-refractivity contribution is -0.145. The average Bonchev–Trinajstić information content (AvgIpc) is 3.64. The Balaban J connectivity index is 1.64. The number of amides is 5. The van der Waals surface area contributed by atoms with Crippen LogP contribution in [-0.2, 0) is 29.2 Å². The van der Waals surface area contributed by atoms with Crippen LogP contribution < -0.4 is 21.3 Å². The second kappa shape index (κ2) is 16.3. The Morgan fingerprint density at radius 3 is 2.25 bits per heavy atom. The molecule has 4 rings (SSSR count). The molecule has 1 heterocycles. The van der Waals surface area contributed by atoms with Crippen molar-refractivity contribution in [2.75, 3.05) is 32.9 Å². The lowest BCUT2D eigenvalue weighted by Crippen LogP contribution is -2.63. The third-order valence-electron chi connectivity index (χ3n) is 12.3. The molecule has 3 saturated carbocycles. The van der Waals surface area contributed by atoms with Crippen molar-refractivity contribution >= 4 is 39.6 Å². The van der Waals surface area contributed by atoms with E-state index in [0.29, 0.717) is 19.4 Å². The average molecular weight is 745 g/mol. The van der Waals surface area contributed by atoms with Crippen molar-refractivity contribution in [3.8, 4) is 12.3 Å². The van der Waals surface area contributed by atoms with E-state index in [1.807, 2.05) is 27.7 Å². The van der Waals surface area contributed by atoms with Gasteiger partial charge in [-0.1, -0.05) is 53.0 Å². The molecule has 4 N–H and O–H groups in total. The number of rotatable bonds is 15. The Kier molecular flexibility index (Phi) is 12.9. The van der Waals surface area contributed by atoms with Gasteiger partial charge in [-0.2, -0.15) is 0 Å². The van der Waals surface area contributed by atoms with Crippen LogP contribution in [0.3, 0.4) is 0 Å². The standard InChI is InChI=1S/C38H60N6O7S/c1-9-11-15-27(30(45)33(47)39-22-10-2)40-32(46)29-25-16-19-38(20-21-38)26(25)23-44(29)34(48)31(37(6)17-13-12-14-18-37)42-35(49)41-28(36(3,4)5)24-43(7)52(8,50)51/h1,10,25-29,31H,2,11-24H2,3-8H3,(H,39,47)(H,40,46)(H2,41,42,49)/t25-,26?,27?,28+,29-,31+/m0/s1. The maximum absolute atomic E-state index is 15.0. The molecule has 1 aliphatic heterocycles. The number of urea groups is 1. The topological polar surface area (TPSA) is 174 Å². The predicted molar refractivity (Wildman–Crippen MR) is 199 cm³/mol. The fourth-order valence-electron chi connectivity index (χ4n) is 8.67. The van der Waals surface area contributed by atoms with Gasteiger partial charge in [-0.25, -0.2) is 17.5 Å². The summed E-state index contributed by atoms with van der Waals surface area (Å²) in [5, 5.41) is 11.3. The number of nitrogens with one attached hydrogen (secondary N) is 4. The summed E-state index contributed by atoms with van der Waals surface area (Å²) in [5.41, 5.74) is -1.03. The smallest absolute Gasteiger partial charge is 0.315 e. The SMILES string of the molecule is C#CCCC(NC(=O)[C@@H]1[C@H]2CCC3(CC3)C2CN1C(=O)[C@@H](NC(=O)N[C@H](CN(C)S(C)(=O)=O)C(C)(C)C)C1(C)CCCCC1)C(=O)C(=O)NCC=C. The first-order valence-corrected chi connectivity index (χ1v) is 20.6. The van der Waals surface area contributed by atoms with Gasteiger partial charge in [0, 0.05) is 39.1 Å². The van der Waals surface area contributed by atoms with Crippen molar-refractivity contribution in [2.45, 2.75) is 122 Å². The van der Waals surface area contributed by atoms with Gasteiger partial charge < -0.3 is 26.2 Å². The van der Waals surface area contributed by atoms with E-state index in [9.17, 15) is 27.6 Å². The molecule has 4 fully saturated rings. The molecule has 0 aromatic rings. The Bertz CT molecular complexity index is 1540. The fourth-order valence-corrected chi connectivity index (χ4v) is 9.09. The third kappa shape index (κ3) is 9.37. The molecule has 0 radical (unpaired) electrons. The number of nitrogens with zero attached hydrogens (tertiary/aromatic N) is 2. The minimum absolute atomic E-state index is 0.0383. The normalized spacial score (nSPS) is 24.9. The summed E-state index contributed by atoms with van der Waals surface area (Å²) in [6, 6.07) is -4.19. The number of sulfonamides is 1. The number of carbonyl (C=O) groups excluding carboxylic acids is 5. The van der Waals surface area contributed by atoms with Crippen LogP contribution >= 0.6 is 0 Å². The first-order valence-electron chi connectivity index (χ1n) is 18.7. The van der Waals surface area contributed by atoms with Crippen molar-refractivity contribution in [1.82, 2.24) is 30.5 Å². The first-order chi connectivity index (χ1) is 24.3. The van der Waals surface area contributed by atoms with Crippen molar-refractivity contribution in [2.24, 2.45) is 28.1 Å². The monoisotopic (exact) mass is 744 g/mol. The molecule has 6 atom stereocenters. The molecular formula is C38H60N6O7S. The van der Waals surface area contributed by atoms with Crippen LogP contribution in [-0.4, -0.2) is 104 Å². The van der Waals surface area contributed by atoms with Crippen molar-refractivity contribution < 1.29 is 32.4 Å². The summed E-state index contributed by atoms with van der Waals surface area (Å²) in [7, 11) is -2.06. The molecule has 52 heavy (non-hydrogen) atoms. The highest BCUT2D eigenvalue weighted by Gasteiger charge is 2.64. The molecule has 4 aliphatic rings. The molecule has 13 nitrogen and oxygen atoms in total. The first kappa shape index (κ1) is 41.3. The molecule has 14 heteroatoms. The molecule has 1 saturated heterocycles. The summed E-state index contributed by atoms with van der Waals surface area (Å²) >= 11 is 0. The Labute approximate surface area is 310 Å². The molecule has 3 aliphatic carbocycles. The molecule has 0 aromatic carbocycles. The van der Waals surface area contributed by atoms with E-state index in [0.717, 1.165) is 51.2 Å². The second-order valence-electron chi connectivity index (χ2n) is 17.0. The van der Waals surface area contributed by atoms with E-state index < -0.39 is 68.6 Å². The van der Waals surface area contributed by atoms with Gasteiger partial charge in [0.2, 0.25) is 27.6 Å². The van der Waals surface area contributed by atoms with E-state index in [1.165, 1.54) is 17.4 Å². The van der Waals surface area contributed by atoms with Crippen LogP contribution in [0.25, 0.3) is 0 Å². The number of ketones is 1. The van der Waals surface area contributed by atoms with E-state index in [4.69, 9.17) is 6.42 Å². The quantitative estimate of drug-likeness (QED) is 0.113. The number of hydrogen-bond donors (Lipinski definition) is 4. The van der Waals surface area contributed by atoms with Crippen LogP contribution in [0.5, 0.6) is 0 Å². The zero-order valence-corrected chi connectivity index (χ0v) is 32.7. The molecule has 290 valence electrons. The molecule has 1 spiro atoms. The number of terminal acetylenes is 1. The zero-order valence-electron chi connectivity index (χ0n) is 31.9. The summed E-state index contributed by atoms with van der Waals surface area (Å²) in [6.45, 7) is 11.8. The van der Waals surface area contributed by atoms with Gasteiger partial charge in [0.05, 0.1) is 12.3 Å². The molecular weight excluding hydrogens is 685 g/mol. The van der Waals surface area contributed by atoms with Gasteiger partial charge in [0.15, 0.2) is 0 Å². The summed E-state index contributed by atoms with van der Waals surface area (Å²) < 4.78 is 25.7. The van der Waals surface area contributed by atoms with E-state index in [2.05, 4.69) is 33.8 Å². The number of likely N-dealkylation sites (tertiary alicyclic amines) is 1. The highest BCUT2D eigenvalue weighted by Crippen LogP contribution is 2.66. The van der Waals surface area contributed by atoms with Crippen LogP contribution in [0, 0.1) is 40.4 Å². The molecule has 0 aromatic heterocycles. The minimum Gasteiger partial charge on any atom is -0.346 e. The van der Waals surface area contributed by atoms with Gasteiger partial charge in [-0.05, 0) is 73.0 Å². The fraction of sp³-hybridized carbons (Fsp3) is 0.763. The van der Waals surface area contributed by atoms with Gasteiger partial charge in [0.25, 0.3) is 5.91 Å². The minimum atomic E-state index is -3.52. The maximum atomic E-state index is 15.0. The van der Waals surface area contributed by atoms with Crippen LogP contribution in [0.4, 0.5) is 4.79 Å². The molecule has 0 bridgehead atoms. The molecule has 2 unspecified atom stereocenters. The number of fused-ring (bicyclic) bond motifs is 2. The number of carbonyl (C=O) groups is 5. The van der Waals surface area contributed by atoms with Gasteiger partial charge in [-0.15, -0.1) is 18.9 Å². The maximum Gasteiger partial charge on any atom is 0.315 e. The lowest BCUT2D eigenvalue weighted by Gasteiger charge is -2.43. The number of Topliss-reactive ketones (excluding diaryl/α,β-unsaturated/α-hetero) is 1.